The van der Waals surface area contributed by atoms with Gasteiger partial charge in [-0.25, -0.2) is 0 Å². The molecular weight excluding hydrogens is 230 g/mol. The van der Waals surface area contributed by atoms with E-state index in [9.17, 15) is 4.79 Å². The molecule has 0 spiro atoms. The number of methoxy groups -OCH3 is 1. The second-order valence-electron chi connectivity index (χ2n) is 4.17. The van der Waals surface area contributed by atoms with Gasteiger partial charge in [-0.1, -0.05) is 25.1 Å². The molecule has 4 nitrogen and oxygen atoms in total. The van der Waals surface area contributed by atoms with E-state index in [1.54, 1.807) is 7.11 Å². The molecule has 0 radical (unpaired) electrons. The molecule has 1 unspecified atom stereocenters. The van der Waals surface area contributed by atoms with Crippen LogP contribution in [0.5, 0.6) is 5.75 Å². The van der Waals surface area contributed by atoms with E-state index >= 15 is 0 Å². The molecule has 0 aromatic heterocycles. The second kappa shape index (κ2) is 7.71. The van der Waals surface area contributed by atoms with Crippen molar-refractivity contribution in [3.63, 3.8) is 0 Å². The van der Waals surface area contributed by atoms with Gasteiger partial charge in [0, 0.05) is 6.42 Å². The standard InChI is InChI=1S/C14H21NO3/c1-3-12(10-16)15-14(17)9-8-11-6-4-5-7-13(11)18-2/h4-7,12,16H,3,8-10H2,1-2H3,(H,15,17). The van der Waals surface area contributed by atoms with E-state index in [1.165, 1.54) is 0 Å². The van der Waals surface area contributed by atoms with Gasteiger partial charge in [0.05, 0.1) is 19.8 Å². The number of aliphatic hydroxyl groups is 1. The number of para-hydroxylation sites is 1. The molecule has 0 saturated heterocycles. The van der Waals surface area contributed by atoms with Crippen LogP contribution in [0.3, 0.4) is 0 Å². The molecule has 1 aromatic carbocycles. The first-order chi connectivity index (χ1) is 8.71. The number of aryl methyl sites for hydroxylation is 1. The highest BCUT2D eigenvalue weighted by molar-refractivity contribution is 5.76. The molecule has 1 aromatic rings. The zero-order valence-electron chi connectivity index (χ0n) is 11.0. The smallest absolute Gasteiger partial charge is 0.220 e. The summed E-state index contributed by atoms with van der Waals surface area (Å²) in [5, 5.41) is 11.8. The fraction of sp³-hybridized carbons (Fsp3) is 0.500. The Hall–Kier alpha value is -1.55. The molecule has 1 rings (SSSR count). The molecule has 0 fully saturated rings. The quantitative estimate of drug-likeness (QED) is 0.772. The highest BCUT2D eigenvalue weighted by atomic mass is 16.5. The Morgan fingerprint density at radius 1 is 1.44 bits per heavy atom. The van der Waals surface area contributed by atoms with Crippen molar-refractivity contribution in [3.05, 3.63) is 29.8 Å². The predicted molar refractivity (Wildman–Crippen MR) is 70.6 cm³/mol. The summed E-state index contributed by atoms with van der Waals surface area (Å²) in [7, 11) is 1.62. The zero-order valence-corrected chi connectivity index (χ0v) is 11.0. The summed E-state index contributed by atoms with van der Waals surface area (Å²) in [6.45, 7) is 1.91. The third-order valence-electron chi connectivity index (χ3n) is 2.89. The Morgan fingerprint density at radius 3 is 2.78 bits per heavy atom. The van der Waals surface area contributed by atoms with Crippen LogP contribution in [0.25, 0.3) is 0 Å². The van der Waals surface area contributed by atoms with Crippen LogP contribution < -0.4 is 10.1 Å². The van der Waals surface area contributed by atoms with E-state index < -0.39 is 0 Å². The van der Waals surface area contributed by atoms with Gasteiger partial charge in [-0.3, -0.25) is 4.79 Å². The van der Waals surface area contributed by atoms with E-state index in [4.69, 9.17) is 9.84 Å². The molecule has 0 heterocycles. The van der Waals surface area contributed by atoms with E-state index in [0.29, 0.717) is 12.8 Å². The van der Waals surface area contributed by atoms with E-state index in [2.05, 4.69) is 5.32 Å². The summed E-state index contributed by atoms with van der Waals surface area (Å²) in [6.07, 6.45) is 1.77. The molecule has 1 amide bonds. The van der Waals surface area contributed by atoms with Crippen LogP contribution in [0.4, 0.5) is 0 Å². The second-order valence-corrected chi connectivity index (χ2v) is 4.17. The number of nitrogens with one attached hydrogen (secondary N) is 1. The van der Waals surface area contributed by atoms with Crippen molar-refractivity contribution in [2.24, 2.45) is 0 Å². The maximum Gasteiger partial charge on any atom is 0.220 e. The van der Waals surface area contributed by atoms with Gasteiger partial charge < -0.3 is 15.2 Å². The fourth-order valence-corrected chi connectivity index (χ4v) is 1.73. The van der Waals surface area contributed by atoms with Crippen LogP contribution in [0, 0.1) is 0 Å². The van der Waals surface area contributed by atoms with Gasteiger partial charge >= 0.3 is 0 Å². The Bertz CT molecular complexity index is 375. The number of ether oxygens (including phenoxy) is 1. The first-order valence-electron chi connectivity index (χ1n) is 6.23. The summed E-state index contributed by atoms with van der Waals surface area (Å²) in [4.78, 5) is 11.7. The minimum absolute atomic E-state index is 0.0170. The number of aliphatic hydroxyl groups excluding tert-OH is 1. The first-order valence-corrected chi connectivity index (χ1v) is 6.23. The van der Waals surface area contributed by atoms with Crippen LogP contribution in [-0.4, -0.2) is 30.8 Å². The summed E-state index contributed by atoms with van der Waals surface area (Å²) in [5.74, 6) is 0.765. The van der Waals surface area contributed by atoms with Crippen molar-refractivity contribution in [2.75, 3.05) is 13.7 Å². The lowest BCUT2D eigenvalue weighted by molar-refractivity contribution is -0.122. The van der Waals surface area contributed by atoms with Gasteiger partial charge in [0.15, 0.2) is 0 Å². The van der Waals surface area contributed by atoms with Crippen molar-refractivity contribution < 1.29 is 14.6 Å². The minimum Gasteiger partial charge on any atom is -0.496 e. The van der Waals surface area contributed by atoms with Gasteiger partial charge in [-0.2, -0.15) is 0 Å². The third-order valence-corrected chi connectivity index (χ3v) is 2.89. The zero-order chi connectivity index (χ0) is 13.4. The van der Waals surface area contributed by atoms with Crippen LogP contribution in [0.15, 0.2) is 24.3 Å². The Balaban J connectivity index is 2.47. The normalized spacial score (nSPS) is 11.9. The van der Waals surface area contributed by atoms with Crippen LogP contribution in [0.2, 0.25) is 0 Å². The maximum absolute atomic E-state index is 11.7. The molecule has 0 aliphatic heterocycles. The minimum atomic E-state index is -0.143. The van der Waals surface area contributed by atoms with Gasteiger partial charge in [0.2, 0.25) is 5.91 Å². The van der Waals surface area contributed by atoms with Crippen LogP contribution in [-0.2, 0) is 11.2 Å². The van der Waals surface area contributed by atoms with Gasteiger partial charge in [0.1, 0.15) is 5.75 Å². The summed E-state index contributed by atoms with van der Waals surface area (Å²) in [5.41, 5.74) is 1.02. The Kier molecular flexibility index (Phi) is 6.22. The maximum atomic E-state index is 11.7. The van der Waals surface area contributed by atoms with Gasteiger partial charge in [0.25, 0.3) is 0 Å². The average molecular weight is 251 g/mol. The van der Waals surface area contributed by atoms with Crippen molar-refractivity contribution in [1.29, 1.82) is 0 Å². The monoisotopic (exact) mass is 251 g/mol. The van der Waals surface area contributed by atoms with Crippen LogP contribution >= 0.6 is 0 Å². The highest BCUT2D eigenvalue weighted by Gasteiger charge is 2.10. The van der Waals surface area contributed by atoms with Crippen molar-refractivity contribution >= 4 is 5.91 Å². The molecule has 0 aliphatic carbocycles. The Labute approximate surface area is 108 Å². The lowest BCUT2D eigenvalue weighted by atomic mass is 10.1. The number of carbonyl (C=O) groups excluding carboxylic acids is 1. The SMILES string of the molecule is CCC(CO)NC(=O)CCc1ccccc1OC. The first kappa shape index (κ1) is 14.5. The van der Waals surface area contributed by atoms with Crippen molar-refractivity contribution in [2.45, 2.75) is 32.2 Å². The number of hydrogen-bond donors (Lipinski definition) is 2. The fourth-order valence-electron chi connectivity index (χ4n) is 1.73. The average Bonchev–Trinajstić information content (AvgIpc) is 2.42. The number of benzene rings is 1. The van der Waals surface area contributed by atoms with E-state index in [1.807, 2.05) is 31.2 Å². The molecule has 100 valence electrons. The van der Waals surface area contributed by atoms with Crippen LogP contribution in [0.1, 0.15) is 25.3 Å². The highest BCUT2D eigenvalue weighted by Crippen LogP contribution is 2.18. The molecule has 0 aliphatic rings. The Morgan fingerprint density at radius 2 is 2.17 bits per heavy atom. The number of amides is 1. The third kappa shape index (κ3) is 4.37. The van der Waals surface area contributed by atoms with Crippen molar-refractivity contribution in [3.8, 4) is 5.75 Å². The molecule has 0 saturated carbocycles. The van der Waals surface area contributed by atoms with E-state index in [-0.39, 0.29) is 18.6 Å². The van der Waals surface area contributed by atoms with E-state index in [0.717, 1.165) is 17.7 Å². The molecular formula is C14H21NO3. The molecule has 18 heavy (non-hydrogen) atoms. The summed E-state index contributed by atoms with van der Waals surface area (Å²) < 4.78 is 5.23. The van der Waals surface area contributed by atoms with Gasteiger partial charge in [-0.05, 0) is 24.5 Å². The molecule has 1 atom stereocenters. The number of carbonyl (C=O) groups is 1. The lowest BCUT2D eigenvalue weighted by Gasteiger charge is -2.14. The molecule has 0 bridgehead atoms. The van der Waals surface area contributed by atoms with Gasteiger partial charge in [-0.15, -0.1) is 0 Å². The number of rotatable bonds is 7. The number of hydrogen-bond acceptors (Lipinski definition) is 3. The molecule has 2 N–H and O–H groups in total. The summed E-state index contributed by atoms with van der Waals surface area (Å²) >= 11 is 0. The van der Waals surface area contributed by atoms with Crippen molar-refractivity contribution in [1.82, 2.24) is 5.32 Å². The topological polar surface area (TPSA) is 58.6 Å². The largest absolute Gasteiger partial charge is 0.496 e. The molecule has 4 heteroatoms. The summed E-state index contributed by atoms with van der Waals surface area (Å²) in [6, 6.07) is 7.53. The lowest BCUT2D eigenvalue weighted by Crippen LogP contribution is -2.37. The predicted octanol–water partition coefficient (Wildman–Crippen LogP) is 1.51.